The fraction of sp³-hybridized carbons (Fsp3) is 0.200. The third-order valence-corrected chi connectivity index (χ3v) is 5.00. The van der Waals surface area contributed by atoms with Crippen molar-refractivity contribution < 1.29 is 23.9 Å². The summed E-state index contributed by atoms with van der Waals surface area (Å²) in [7, 11) is 0. The number of anilines is 2. The average Bonchev–Trinajstić information content (AvgIpc) is 2.71. The van der Waals surface area contributed by atoms with Gasteiger partial charge in [0.1, 0.15) is 0 Å². The van der Waals surface area contributed by atoms with Gasteiger partial charge in [-0.25, -0.2) is 4.79 Å². The zero-order valence-corrected chi connectivity index (χ0v) is 16.4. The molecule has 8 nitrogen and oxygen atoms in total. The molecule has 1 aliphatic heterocycles. The molecule has 0 bridgehead atoms. The van der Waals surface area contributed by atoms with Gasteiger partial charge < -0.3 is 20.7 Å². The molecule has 0 atom stereocenters. The molecular formula is C20H19N3O5S. The summed E-state index contributed by atoms with van der Waals surface area (Å²) in [6.07, 6.45) is 0. The van der Waals surface area contributed by atoms with Gasteiger partial charge in [0.15, 0.2) is 6.61 Å². The van der Waals surface area contributed by atoms with Gasteiger partial charge in [-0.15, -0.1) is 11.8 Å². The Morgan fingerprint density at radius 1 is 1.14 bits per heavy atom. The highest BCUT2D eigenvalue weighted by Gasteiger charge is 2.18. The molecule has 3 N–H and O–H groups in total. The quantitative estimate of drug-likeness (QED) is 0.626. The van der Waals surface area contributed by atoms with Gasteiger partial charge in [-0.3, -0.25) is 14.4 Å². The molecule has 0 unspecified atom stereocenters. The number of carbonyl (C=O) groups is 4. The molecule has 3 amide bonds. The van der Waals surface area contributed by atoms with Gasteiger partial charge in [0.05, 0.1) is 17.0 Å². The summed E-state index contributed by atoms with van der Waals surface area (Å²) in [6.45, 7) is 1.83. The van der Waals surface area contributed by atoms with Gasteiger partial charge in [-0.1, -0.05) is 6.07 Å². The molecule has 3 rings (SSSR count). The number of benzene rings is 2. The van der Waals surface area contributed by atoms with Crippen LogP contribution in [0.15, 0.2) is 47.4 Å². The molecule has 0 saturated carbocycles. The summed E-state index contributed by atoms with van der Waals surface area (Å²) in [5.41, 5.74) is 1.61. The van der Waals surface area contributed by atoms with E-state index >= 15 is 0 Å². The minimum absolute atomic E-state index is 0.137. The molecule has 0 radical (unpaired) electrons. The lowest BCUT2D eigenvalue weighted by Gasteiger charge is -2.16. The molecular weight excluding hydrogens is 394 g/mol. The lowest BCUT2D eigenvalue weighted by atomic mass is 10.2. The summed E-state index contributed by atoms with van der Waals surface area (Å²) in [5, 5.41) is 7.96. The maximum atomic E-state index is 12.2. The molecule has 1 aliphatic rings. The van der Waals surface area contributed by atoms with Crippen LogP contribution in [0.2, 0.25) is 0 Å². The van der Waals surface area contributed by atoms with Crippen molar-refractivity contribution in [2.45, 2.75) is 11.8 Å². The second-order valence-corrected chi connectivity index (χ2v) is 7.13. The summed E-state index contributed by atoms with van der Waals surface area (Å²) in [6, 6.07) is 11.3. The normalized spacial score (nSPS) is 12.4. The lowest BCUT2D eigenvalue weighted by molar-refractivity contribution is -0.119. The number of ether oxygens (including phenoxy) is 1. The highest BCUT2D eigenvalue weighted by molar-refractivity contribution is 8.00. The second kappa shape index (κ2) is 9.24. The van der Waals surface area contributed by atoms with E-state index in [-0.39, 0.29) is 17.4 Å². The van der Waals surface area contributed by atoms with E-state index in [2.05, 4.69) is 16.0 Å². The molecule has 2 aromatic carbocycles. The van der Waals surface area contributed by atoms with Crippen molar-refractivity contribution in [1.29, 1.82) is 0 Å². The van der Waals surface area contributed by atoms with Gasteiger partial charge in [-0.2, -0.15) is 0 Å². The number of thioether (sulfide) groups is 1. The minimum Gasteiger partial charge on any atom is -0.452 e. The van der Waals surface area contributed by atoms with Crippen molar-refractivity contribution in [1.82, 2.24) is 5.32 Å². The zero-order valence-electron chi connectivity index (χ0n) is 15.6. The molecule has 150 valence electrons. The fourth-order valence-corrected chi connectivity index (χ4v) is 3.41. The van der Waals surface area contributed by atoms with Crippen LogP contribution in [-0.4, -0.2) is 42.6 Å². The number of amides is 3. The Kier molecular flexibility index (Phi) is 6.50. The Hall–Kier alpha value is -3.33. The number of nitrogens with one attached hydrogen (secondary N) is 3. The van der Waals surface area contributed by atoms with Crippen LogP contribution in [0.1, 0.15) is 27.6 Å². The van der Waals surface area contributed by atoms with Crippen LogP contribution in [0.3, 0.4) is 0 Å². The summed E-state index contributed by atoms with van der Waals surface area (Å²) >= 11 is 1.39. The van der Waals surface area contributed by atoms with Crippen LogP contribution < -0.4 is 16.0 Å². The van der Waals surface area contributed by atoms with Crippen LogP contribution in [0.4, 0.5) is 11.4 Å². The van der Waals surface area contributed by atoms with Gasteiger partial charge in [-0.05, 0) is 43.3 Å². The average molecular weight is 413 g/mol. The fourth-order valence-electron chi connectivity index (χ4n) is 2.62. The van der Waals surface area contributed by atoms with Gasteiger partial charge in [0, 0.05) is 22.7 Å². The molecule has 0 aliphatic carbocycles. The van der Waals surface area contributed by atoms with Crippen LogP contribution in [0.5, 0.6) is 0 Å². The van der Waals surface area contributed by atoms with E-state index in [4.69, 9.17) is 4.74 Å². The topological polar surface area (TPSA) is 114 Å². The maximum Gasteiger partial charge on any atom is 0.338 e. The Balaban J connectivity index is 1.56. The summed E-state index contributed by atoms with van der Waals surface area (Å²) in [4.78, 5) is 48.5. The summed E-state index contributed by atoms with van der Waals surface area (Å²) in [5.74, 6) is -1.26. The Labute approximate surface area is 171 Å². The largest absolute Gasteiger partial charge is 0.452 e. The number of carbonyl (C=O) groups excluding carboxylic acids is 4. The molecule has 0 fully saturated rings. The predicted octanol–water partition coefficient (Wildman–Crippen LogP) is 2.28. The second-order valence-electron chi connectivity index (χ2n) is 6.11. The third-order valence-electron chi connectivity index (χ3n) is 3.93. The van der Waals surface area contributed by atoms with E-state index in [1.165, 1.54) is 23.9 Å². The Morgan fingerprint density at radius 3 is 2.76 bits per heavy atom. The number of rotatable bonds is 6. The molecule has 2 aromatic rings. The SMILES string of the molecule is CCNC(=O)c1cccc(NC(=O)COC(=O)c2ccc3c(c2)NC(=O)CS3)c1. The molecule has 0 spiro atoms. The van der Waals surface area contributed by atoms with Crippen molar-refractivity contribution in [3.63, 3.8) is 0 Å². The van der Waals surface area contributed by atoms with Gasteiger partial charge in [0.25, 0.3) is 11.8 Å². The van der Waals surface area contributed by atoms with Crippen LogP contribution in [-0.2, 0) is 14.3 Å². The molecule has 0 saturated heterocycles. The van der Waals surface area contributed by atoms with E-state index in [0.717, 1.165) is 4.90 Å². The number of hydrogen-bond acceptors (Lipinski definition) is 6. The summed E-state index contributed by atoms with van der Waals surface area (Å²) < 4.78 is 5.05. The van der Waals surface area contributed by atoms with Crippen LogP contribution >= 0.6 is 11.8 Å². The Bertz CT molecular complexity index is 976. The van der Waals surface area contributed by atoms with E-state index in [1.807, 2.05) is 6.92 Å². The first-order valence-electron chi connectivity index (χ1n) is 8.88. The zero-order chi connectivity index (χ0) is 20.8. The highest BCUT2D eigenvalue weighted by atomic mass is 32.2. The number of esters is 1. The van der Waals surface area contributed by atoms with E-state index in [0.29, 0.717) is 29.2 Å². The minimum atomic E-state index is -0.677. The van der Waals surface area contributed by atoms with Gasteiger partial charge in [0.2, 0.25) is 5.91 Å². The smallest absolute Gasteiger partial charge is 0.338 e. The van der Waals surface area contributed by atoms with Crippen molar-refractivity contribution in [3.05, 3.63) is 53.6 Å². The predicted molar refractivity (Wildman–Crippen MR) is 109 cm³/mol. The van der Waals surface area contributed by atoms with E-state index in [9.17, 15) is 19.2 Å². The van der Waals surface area contributed by atoms with Crippen molar-refractivity contribution in [2.24, 2.45) is 0 Å². The third kappa shape index (κ3) is 5.35. The van der Waals surface area contributed by atoms with E-state index < -0.39 is 18.5 Å². The first kappa shape index (κ1) is 20.4. The van der Waals surface area contributed by atoms with E-state index in [1.54, 1.807) is 30.3 Å². The first-order chi connectivity index (χ1) is 14.0. The molecule has 0 aromatic heterocycles. The Morgan fingerprint density at radius 2 is 1.97 bits per heavy atom. The monoisotopic (exact) mass is 413 g/mol. The number of hydrogen-bond donors (Lipinski definition) is 3. The van der Waals surface area contributed by atoms with Crippen molar-refractivity contribution >= 4 is 46.8 Å². The van der Waals surface area contributed by atoms with Crippen LogP contribution in [0.25, 0.3) is 0 Å². The molecule has 9 heteroatoms. The van der Waals surface area contributed by atoms with Gasteiger partial charge >= 0.3 is 5.97 Å². The molecule has 1 heterocycles. The lowest BCUT2D eigenvalue weighted by Crippen LogP contribution is -2.23. The molecule has 29 heavy (non-hydrogen) atoms. The standard InChI is InChI=1S/C20H19N3O5S/c1-2-21-19(26)12-4-3-5-14(8-12)22-17(24)10-28-20(27)13-6-7-16-15(9-13)23-18(25)11-29-16/h3-9H,2,10-11H2,1H3,(H,21,26)(H,22,24)(H,23,25). The van der Waals surface area contributed by atoms with Crippen LogP contribution in [0, 0.1) is 0 Å². The number of fused-ring (bicyclic) bond motifs is 1. The van der Waals surface area contributed by atoms with Crippen molar-refractivity contribution in [3.8, 4) is 0 Å². The first-order valence-corrected chi connectivity index (χ1v) is 9.86. The maximum absolute atomic E-state index is 12.2. The van der Waals surface area contributed by atoms with Crippen molar-refractivity contribution in [2.75, 3.05) is 29.5 Å². The highest BCUT2D eigenvalue weighted by Crippen LogP contribution is 2.32.